The number of alkyl halides is 3. The van der Waals surface area contributed by atoms with Gasteiger partial charge in [-0.15, -0.1) is 0 Å². The van der Waals surface area contributed by atoms with Crippen LogP contribution in [0.4, 0.5) is 24.5 Å². The van der Waals surface area contributed by atoms with Gasteiger partial charge in [-0.2, -0.15) is 18.4 Å². The first kappa shape index (κ1) is 25.7. The number of imide groups is 1. The zero-order chi connectivity index (χ0) is 27.5. The molecule has 8 nitrogen and oxygen atoms in total. The number of nitrogens with one attached hydrogen (secondary N) is 1. The molecule has 198 valence electrons. The predicted octanol–water partition coefficient (Wildman–Crippen LogP) is 4.43. The number of ether oxygens (including phenoxy) is 2. The van der Waals surface area contributed by atoms with Crippen LogP contribution in [-0.2, 0) is 25.3 Å². The Balaban J connectivity index is 1.37. The number of benzene rings is 2. The molecule has 5 rings (SSSR count). The minimum atomic E-state index is -4.82. The van der Waals surface area contributed by atoms with Crippen molar-refractivity contribution in [3.05, 3.63) is 53.6 Å². The molecule has 3 amide bonds. The van der Waals surface area contributed by atoms with E-state index in [9.17, 15) is 27.6 Å². The Morgan fingerprint density at radius 1 is 1.16 bits per heavy atom. The van der Waals surface area contributed by atoms with Crippen LogP contribution < -0.4 is 15.0 Å². The van der Waals surface area contributed by atoms with Gasteiger partial charge in [0, 0.05) is 19.0 Å². The molecule has 3 heterocycles. The number of amides is 3. The smallest absolute Gasteiger partial charge is 0.417 e. The first-order valence-corrected chi connectivity index (χ1v) is 12.1. The Labute approximate surface area is 216 Å². The SMILES string of the molecule is CC(=O)Nc1ccc(OCCC23CCC(C)(O2)C2C(=O)N(c4ccc(C#N)c(C(F)(F)F)c4)C(=O)[C@H]23)cc1. The van der Waals surface area contributed by atoms with Crippen LogP contribution in [0.1, 0.15) is 44.2 Å². The molecule has 3 saturated heterocycles. The van der Waals surface area contributed by atoms with Crippen LogP contribution in [-0.4, -0.2) is 35.5 Å². The third-order valence-corrected chi connectivity index (χ3v) is 7.67. The molecule has 0 radical (unpaired) electrons. The fraction of sp³-hybridized carbons (Fsp3) is 0.407. The van der Waals surface area contributed by atoms with Gasteiger partial charge in [0.2, 0.25) is 17.7 Å². The van der Waals surface area contributed by atoms with Gasteiger partial charge in [0.05, 0.1) is 52.5 Å². The molecule has 11 heteroatoms. The Morgan fingerprint density at radius 3 is 2.47 bits per heavy atom. The summed E-state index contributed by atoms with van der Waals surface area (Å²) in [6, 6.07) is 11.1. The third-order valence-electron chi connectivity index (χ3n) is 7.67. The summed E-state index contributed by atoms with van der Waals surface area (Å²) in [5, 5.41) is 11.7. The first-order valence-electron chi connectivity index (χ1n) is 12.1. The number of anilines is 2. The zero-order valence-electron chi connectivity index (χ0n) is 20.6. The lowest BCUT2D eigenvalue weighted by molar-refractivity contribution is -0.138. The maximum atomic E-state index is 13.6. The van der Waals surface area contributed by atoms with Gasteiger partial charge < -0.3 is 14.8 Å². The van der Waals surface area contributed by atoms with Crippen molar-refractivity contribution in [3.63, 3.8) is 0 Å². The van der Waals surface area contributed by atoms with E-state index in [0.29, 0.717) is 36.8 Å². The number of hydrogen-bond donors (Lipinski definition) is 1. The Bertz CT molecular complexity index is 1370. The molecule has 3 fully saturated rings. The lowest BCUT2D eigenvalue weighted by atomic mass is 9.67. The minimum absolute atomic E-state index is 0.176. The van der Waals surface area contributed by atoms with E-state index in [1.807, 2.05) is 0 Å². The lowest BCUT2D eigenvalue weighted by Gasteiger charge is -2.31. The van der Waals surface area contributed by atoms with Crippen LogP contribution in [0.15, 0.2) is 42.5 Å². The summed E-state index contributed by atoms with van der Waals surface area (Å²) in [4.78, 5) is 39.1. The molecular formula is C27H24F3N3O5. The molecule has 3 aliphatic heterocycles. The van der Waals surface area contributed by atoms with Crippen molar-refractivity contribution in [3.8, 4) is 11.8 Å². The molecule has 2 bridgehead atoms. The van der Waals surface area contributed by atoms with E-state index >= 15 is 0 Å². The average Bonchev–Trinajstić information content (AvgIpc) is 3.43. The van der Waals surface area contributed by atoms with Crippen LogP contribution in [0.25, 0.3) is 0 Å². The number of nitrogens with zero attached hydrogens (tertiary/aromatic N) is 2. The van der Waals surface area contributed by atoms with Crippen LogP contribution >= 0.6 is 0 Å². The summed E-state index contributed by atoms with van der Waals surface area (Å²) in [5.74, 6) is -2.55. The molecule has 2 aromatic rings. The summed E-state index contributed by atoms with van der Waals surface area (Å²) >= 11 is 0. The minimum Gasteiger partial charge on any atom is -0.493 e. The molecule has 38 heavy (non-hydrogen) atoms. The zero-order valence-corrected chi connectivity index (χ0v) is 20.6. The van der Waals surface area contributed by atoms with Gasteiger partial charge in [0.1, 0.15) is 5.75 Å². The fourth-order valence-corrected chi connectivity index (χ4v) is 6.05. The van der Waals surface area contributed by atoms with E-state index in [2.05, 4.69) is 5.32 Å². The molecule has 0 aliphatic carbocycles. The second-order valence-corrected chi connectivity index (χ2v) is 10.1. The highest BCUT2D eigenvalue weighted by Gasteiger charge is 2.73. The van der Waals surface area contributed by atoms with Gasteiger partial charge in [0.25, 0.3) is 0 Å². The van der Waals surface area contributed by atoms with Gasteiger partial charge in [-0.05, 0) is 62.2 Å². The Kier molecular flexibility index (Phi) is 5.98. The fourth-order valence-electron chi connectivity index (χ4n) is 6.05. The molecule has 0 aromatic heterocycles. The number of carbonyl (C=O) groups is 3. The van der Waals surface area contributed by atoms with Gasteiger partial charge in [-0.25, -0.2) is 4.90 Å². The van der Waals surface area contributed by atoms with Crippen molar-refractivity contribution in [1.82, 2.24) is 0 Å². The van der Waals surface area contributed by atoms with Crippen molar-refractivity contribution in [1.29, 1.82) is 5.26 Å². The predicted molar refractivity (Wildman–Crippen MR) is 128 cm³/mol. The van der Waals surface area contributed by atoms with Crippen LogP contribution in [0.3, 0.4) is 0 Å². The highest BCUT2D eigenvalue weighted by Crippen LogP contribution is 2.62. The molecule has 2 aromatic carbocycles. The molecule has 0 spiro atoms. The molecule has 4 atom stereocenters. The second-order valence-electron chi connectivity index (χ2n) is 10.1. The number of rotatable bonds is 6. The number of nitriles is 1. The lowest BCUT2D eigenvalue weighted by Crippen LogP contribution is -2.43. The number of halogens is 3. The average molecular weight is 527 g/mol. The maximum Gasteiger partial charge on any atom is 0.417 e. The van der Waals surface area contributed by atoms with Crippen molar-refractivity contribution in [2.45, 2.75) is 50.5 Å². The van der Waals surface area contributed by atoms with Gasteiger partial charge in [0.15, 0.2) is 0 Å². The van der Waals surface area contributed by atoms with Gasteiger partial charge in [-0.3, -0.25) is 14.4 Å². The summed E-state index contributed by atoms with van der Waals surface area (Å²) in [6.45, 7) is 3.34. The third kappa shape index (κ3) is 4.09. The van der Waals surface area contributed by atoms with E-state index in [4.69, 9.17) is 14.7 Å². The number of fused-ring (bicyclic) bond motifs is 5. The van der Waals surface area contributed by atoms with Crippen LogP contribution in [0.5, 0.6) is 5.75 Å². The monoisotopic (exact) mass is 527 g/mol. The highest BCUT2D eigenvalue weighted by molar-refractivity contribution is 6.23. The number of hydrogen-bond acceptors (Lipinski definition) is 6. The van der Waals surface area contributed by atoms with E-state index < -0.39 is 52.2 Å². The topological polar surface area (TPSA) is 109 Å². The largest absolute Gasteiger partial charge is 0.493 e. The standard InChI is InChI=1S/C27H24F3N3O5/c1-15(34)32-17-4-7-19(8-5-17)37-12-11-26-10-9-25(2,38-26)21-22(26)24(36)33(23(21)35)18-6-3-16(14-31)20(13-18)27(28,29)30/h3-8,13,21-22H,9-12H2,1-2H3,(H,32,34)/t21?,22-,25?,26?/m0/s1. The molecular weight excluding hydrogens is 503 g/mol. The van der Waals surface area contributed by atoms with Crippen molar-refractivity contribution in [2.24, 2.45) is 11.8 Å². The highest BCUT2D eigenvalue weighted by atomic mass is 19.4. The van der Waals surface area contributed by atoms with E-state index in [1.54, 1.807) is 31.2 Å². The van der Waals surface area contributed by atoms with E-state index in [0.717, 1.165) is 11.0 Å². The van der Waals surface area contributed by atoms with Gasteiger partial charge in [-0.1, -0.05) is 0 Å². The summed E-state index contributed by atoms with van der Waals surface area (Å²) in [5.41, 5.74) is -3.30. The Morgan fingerprint density at radius 2 is 1.84 bits per heavy atom. The van der Waals surface area contributed by atoms with E-state index in [-0.39, 0.29) is 18.2 Å². The number of carbonyl (C=O) groups excluding carboxylic acids is 3. The molecule has 1 N–H and O–H groups in total. The second kappa shape index (κ2) is 8.84. The summed E-state index contributed by atoms with van der Waals surface area (Å²) < 4.78 is 52.8. The van der Waals surface area contributed by atoms with Crippen molar-refractivity contribution in [2.75, 3.05) is 16.8 Å². The molecule has 3 aliphatic rings. The normalized spacial score (nSPS) is 27.8. The summed E-state index contributed by atoms with van der Waals surface area (Å²) in [7, 11) is 0. The van der Waals surface area contributed by atoms with Crippen molar-refractivity contribution < 1.29 is 37.0 Å². The quantitative estimate of drug-likeness (QED) is 0.557. The van der Waals surface area contributed by atoms with Crippen LogP contribution in [0.2, 0.25) is 0 Å². The first-order chi connectivity index (χ1) is 17.9. The van der Waals surface area contributed by atoms with E-state index in [1.165, 1.54) is 19.1 Å². The van der Waals surface area contributed by atoms with Crippen molar-refractivity contribution >= 4 is 29.1 Å². The molecule has 3 unspecified atom stereocenters. The summed E-state index contributed by atoms with van der Waals surface area (Å²) in [6.07, 6.45) is -3.50. The van der Waals surface area contributed by atoms with Gasteiger partial charge >= 0.3 is 6.18 Å². The molecule has 0 saturated carbocycles. The Hall–Kier alpha value is -3.91. The van der Waals surface area contributed by atoms with Crippen LogP contribution in [0, 0.1) is 23.2 Å². The maximum absolute atomic E-state index is 13.6.